The van der Waals surface area contributed by atoms with Gasteiger partial charge >= 0.3 is 0 Å². The van der Waals surface area contributed by atoms with Gasteiger partial charge in [0.2, 0.25) is 5.91 Å². The molecule has 194 valence electrons. The largest absolute Gasteiger partial charge is 0.384 e. The predicted molar refractivity (Wildman–Crippen MR) is 149 cm³/mol. The molecule has 5 rings (SSSR count). The fourth-order valence-corrected chi connectivity index (χ4v) is 5.17. The number of hydrogen-bond donors (Lipinski definition) is 2. The molecule has 8 heteroatoms. The molecule has 0 saturated heterocycles. The lowest BCUT2D eigenvalue weighted by Gasteiger charge is -2.26. The second kappa shape index (κ2) is 10.9. The second-order valence-electron chi connectivity index (χ2n) is 9.76. The number of anilines is 2. The Morgan fingerprint density at radius 3 is 2.37 bits per heavy atom. The zero-order chi connectivity index (χ0) is 26.6. The number of hydrogen-bond acceptors (Lipinski definition) is 6. The molecule has 38 heavy (non-hydrogen) atoms. The van der Waals surface area contributed by atoms with Gasteiger partial charge in [-0.3, -0.25) is 14.2 Å². The van der Waals surface area contributed by atoms with Crippen LogP contribution in [0.5, 0.6) is 0 Å². The summed E-state index contributed by atoms with van der Waals surface area (Å²) in [5.74, 6) is 0.648. The molecule has 0 aliphatic carbocycles. The number of carbonyl (C=O) groups excluding carboxylic acids is 1. The lowest BCUT2D eigenvalue weighted by molar-refractivity contribution is -0.124. The van der Waals surface area contributed by atoms with E-state index in [9.17, 15) is 9.59 Å². The molecule has 0 fully saturated rings. The minimum Gasteiger partial charge on any atom is -0.384 e. The van der Waals surface area contributed by atoms with Crippen LogP contribution in [0.25, 0.3) is 0 Å². The number of aromatic nitrogens is 3. The highest BCUT2D eigenvalue weighted by Gasteiger charge is 2.31. The van der Waals surface area contributed by atoms with Crippen LogP contribution in [0.2, 0.25) is 0 Å². The number of nitrogens with zero attached hydrogens (tertiary/aromatic N) is 4. The maximum absolute atomic E-state index is 13.7. The summed E-state index contributed by atoms with van der Waals surface area (Å²) in [6.45, 7) is 2.75. The summed E-state index contributed by atoms with van der Waals surface area (Å²) in [5.41, 5.74) is 10.3. The van der Waals surface area contributed by atoms with Crippen molar-refractivity contribution in [1.29, 1.82) is 0 Å². The number of fused-ring (bicyclic) bond motifs is 1. The fourth-order valence-electron chi connectivity index (χ4n) is 5.17. The number of rotatable bonds is 8. The quantitative estimate of drug-likeness (QED) is 0.377. The summed E-state index contributed by atoms with van der Waals surface area (Å²) >= 11 is 0. The van der Waals surface area contributed by atoms with E-state index in [1.807, 2.05) is 61.3 Å². The van der Waals surface area contributed by atoms with Crippen LogP contribution in [0.4, 0.5) is 11.6 Å². The molecular formula is C30H32N6O2. The summed E-state index contributed by atoms with van der Waals surface area (Å²) in [4.78, 5) is 37.6. The first-order chi connectivity index (χ1) is 18.4. The summed E-state index contributed by atoms with van der Waals surface area (Å²) in [7, 11) is 1.89. The van der Waals surface area contributed by atoms with Gasteiger partial charge in [0.05, 0.1) is 0 Å². The highest BCUT2D eigenvalue weighted by molar-refractivity contribution is 5.81. The zero-order valence-corrected chi connectivity index (χ0v) is 21.7. The molecule has 1 amide bonds. The summed E-state index contributed by atoms with van der Waals surface area (Å²) < 4.78 is 1.61. The van der Waals surface area contributed by atoms with E-state index in [0.717, 1.165) is 28.1 Å². The van der Waals surface area contributed by atoms with Crippen LogP contribution < -0.4 is 21.5 Å². The number of likely N-dealkylation sites (N-methyl/N-ethyl adjacent to an activating group) is 1. The number of nitrogen functional groups attached to an aromatic ring is 1. The summed E-state index contributed by atoms with van der Waals surface area (Å²) in [6, 6.07) is 23.5. The Bertz CT molecular complexity index is 1450. The van der Waals surface area contributed by atoms with Gasteiger partial charge in [-0.15, -0.1) is 0 Å². The van der Waals surface area contributed by atoms with E-state index in [2.05, 4.69) is 39.6 Å². The van der Waals surface area contributed by atoms with Gasteiger partial charge in [-0.25, -0.2) is 9.97 Å². The van der Waals surface area contributed by atoms with Gasteiger partial charge in [0, 0.05) is 43.6 Å². The van der Waals surface area contributed by atoms with Crippen LogP contribution in [0.3, 0.4) is 0 Å². The Kier molecular flexibility index (Phi) is 7.22. The van der Waals surface area contributed by atoms with Crippen LogP contribution >= 0.6 is 0 Å². The van der Waals surface area contributed by atoms with Crippen molar-refractivity contribution in [3.8, 4) is 0 Å². The SMILES string of the molecule is Cc1nc(N)ccc1CNC(=O)[C@@H]1CCc2cnc(N(C)CC(c3ccccc3)c3ccccc3)c(=O)n21. The van der Waals surface area contributed by atoms with Crippen LogP contribution in [0.15, 0.2) is 83.8 Å². The number of aryl methyl sites for hydroxylation is 2. The highest BCUT2D eigenvalue weighted by Crippen LogP contribution is 2.28. The fraction of sp³-hybridized carbons (Fsp3) is 0.267. The van der Waals surface area contributed by atoms with E-state index >= 15 is 0 Å². The first kappa shape index (κ1) is 25.2. The first-order valence-electron chi connectivity index (χ1n) is 12.8. The first-order valence-corrected chi connectivity index (χ1v) is 12.8. The molecule has 4 aromatic rings. The molecule has 3 heterocycles. The normalized spacial score (nSPS) is 14.3. The molecule has 0 radical (unpaired) electrons. The molecule has 0 saturated carbocycles. The molecule has 2 aromatic carbocycles. The molecule has 0 spiro atoms. The van der Waals surface area contributed by atoms with Crippen molar-refractivity contribution in [2.24, 2.45) is 0 Å². The average molecular weight is 509 g/mol. The monoisotopic (exact) mass is 508 g/mol. The van der Waals surface area contributed by atoms with Crippen molar-refractivity contribution in [2.45, 2.75) is 38.3 Å². The topological polar surface area (TPSA) is 106 Å². The van der Waals surface area contributed by atoms with Crippen LogP contribution in [-0.4, -0.2) is 34.0 Å². The number of carbonyl (C=O) groups is 1. The maximum atomic E-state index is 13.7. The van der Waals surface area contributed by atoms with Crippen LogP contribution in [0.1, 0.15) is 46.5 Å². The lowest BCUT2D eigenvalue weighted by Crippen LogP contribution is -2.39. The van der Waals surface area contributed by atoms with Crippen LogP contribution in [-0.2, 0) is 17.8 Å². The molecule has 1 aliphatic heterocycles. The molecule has 1 atom stereocenters. The highest BCUT2D eigenvalue weighted by atomic mass is 16.2. The van der Waals surface area contributed by atoms with E-state index < -0.39 is 6.04 Å². The van der Waals surface area contributed by atoms with Crippen LogP contribution in [0, 0.1) is 6.92 Å². The van der Waals surface area contributed by atoms with E-state index in [1.165, 1.54) is 0 Å². The standard InChI is InChI=1S/C30H32N6O2/c1-20-23(13-16-27(31)34-20)17-33-29(37)26-15-14-24-18-32-28(30(38)36(24)26)35(2)19-25(21-9-5-3-6-10-21)22-11-7-4-8-12-22/h3-13,16,18,25-26H,14-15,17,19H2,1-2H3,(H2,31,34)(H,33,37)/t26-/m0/s1. The van der Waals surface area contributed by atoms with Gasteiger partial charge in [-0.05, 0) is 42.5 Å². The molecule has 0 bridgehead atoms. The zero-order valence-electron chi connectivity index (χ0n) is 21.7. The molecule has 0 unspecified atom stereocenters. The molecule has 3 N–H and O–H groups in total. The van der Waals surface area contributed by atoms with Gasteiger partial charge < -0.3 is 16.0 Å². The lowest BCUT2D eigenvalue weighted by atomic mass is 9.91. The van der Waals surface area contributed by atoms with Crippen molar-refractivity contribution in [3.63, 3.8) is 0 Å². The van der Waals surface area contributed by atoms with Crippen molar-refractivity contribution in [1.82, 2.24) is 19.9 Å². The molecule has 2 aromatic heterocycles. The van der Waals surface area contributed by atoms with Gasteiger partial charge in [-0.2, -0.15) is 0 Å². The Hall–Kier alpha value is -4.46. The number of nitrogens with two attached hydrogens (primary N) is 1. The number of amides is 1. The Morgan fingerprint density at radius 1 is 1.08 bits per heavy atom. The predicted octanol–water partition coefficient (Wildman–Crippen LogP) is 3.60. The van der Waals surface area contributed by atoms with Gasteiger partial charge in [0.25, 0.3) is 5.56 Å². The number of pyridine rings is 1. The van der Waals surface area contributed by atoms with E-state index in [0.29, 0.717) is 37.6 Å². The second-order valence-corrected chi connectivity index (χ2v) is 9.76. The Morgan fingerprint density at radius 2 is 1.74 bits per heavy atom. The van der Waals surface area contributed by atoms with Gasteiger partial charge in [0.15, 0.2) is 5.82 Å². The van der Waals surface area contributed by atoms with E-state index in [1.54, 1.807) is 16.8 Å². The summed E-state index contributed by atoms with van der Waals surface area (Å²) in [5, 5.41) is 2.98. The van der Waals surface area contributed by atoms with Crippen molar-refractivity contribution in [3.05, 3.63) is 117 Å². The number of nitrogens with one attached hydrogen (secondary N) is 1. The average Bonchev–Trinajstić information content (AvgIpc) is 3.37. The third-order valence-electron chi connectivity index (χ3n) is 7.24. The summed E-state index contributed by atoms with van der Waals surface area (Å²) in [6.07, 6.45) is 2.92. The number of benzene rings is 2. The van der Waals surface area contributed by atoms with E-state index in [4.69, 9.17) is 5.73 Å². The smallest absolute Gasteiger partial charge is 0.294 e. The minimum atomic E-state index is -0.575. The van der Waals surface area contributed by atoms with Gasteiger partial charge in [0.1, 0.15) is 11.9 Å². The third kappa shape index (κ3) is 5.16. The molecule has 1 aliphatic rings. The van der Waals surface area contributed by atoms with Crippen molar-refractivity contribution < 1.29 is 4.79 Å². The minimum absolute atomic E-state index is 0.0534. The van der Waals surface area contributed by atoms with Crippen molar-refractivity contribution in [2.75, 3.05) is 24.2 Å². The van der Waals surface area contributed by atoms with Crippen molar-refractivity contribution >= 4 is 17.5 Å². The Labute approximate surface area is 222 Å². The Balaban J connectivity index is 1.37. The van der Waals surface area contributed by atoms with E-state index in [-0.39, 0.29) is 17.4 Å². The third-order valence-corrected chi connectivity index (χ3v) is 7.24. The van der Waals surface area contributed by atoms with Gasteiger partial charge in [-0.1, -0.05) is 66.7 Å². The molecule has 8 nitrogen and oxygen atoms in total. The maximum Gasteiger partial charge on any atom is 0.294 e. The molecular weight excluding hydrogens is 476 g/mol.